The summed E-state index contributed by atoms with van der Waals surface area (Å²) in [4.78, 5) is 4.63. The van der Waals surface area contributed by atoms with E-state index >= 15 is 0 Å². The van der Waals surface area contributed by atoms with Crippen molar-refractivity contribution in [2.75, 3.05) is 31.1 Å². The zero-order valence-electron chi connectivity index (χ0n) is 11.2. The Balaban J connectivity index is 0.00000180. The monoisotopic (exact) mass is 320 g/mol. The van der Waals surface area contributed by atoms with Gasteiger partial charge in [-0.3, -0.25) is 0 Å². The maximum atomic E-state index is 5.11. The summed E-state index contributed by atoms with van der Waals surface area (Å²) in [7, 11) is 0. The summed E-state index contributed by atoms with van der Waals surface area (Å²) < 4.78 is 0.715. The van der Waals surface area contributed by atoms with E-state index < -0.39 is 0 Å². The van der Waals surface area contributed by atoms with E-state index in [1.54, 1.807) is 0 Å². The van der Waals surface area contributed by atoms with Crippen LogP contribution in [-0.2, 0) is 0 Å². The second-order valence-corrected chi connectivity index (χ2v) is 6.12. The Kier molecular flexibility index (Phi) is 7.35. The first kappa shape index (κ1) is 17.9. The van der Waals surface area contributed by atoms with Gasteiger partial charge in [-0.15, -0.1) is 12.6 Å². The SMILES string of the molecule is Cc1cc(C)c(N2CCN(C(=S)S)CC2)c(C)c1.[KH]. The molecule has 1 aromatic carbocycles. The molecule has 0 saturated carbocycles. The Morgan fingerprint density at radius 1 is 1.05 bits per heavy atom. The molecule has 2 nitrogen and oxygen atoms in total. The second kappa shape index (κ2) is 7.78. The average molecular weight is 321 g/mol. The van der Waals surface area contributed by atoms with Crippen LogP contribution in [0.4, 0.5) is 5.69 Å². The van der Waals surface area contributed by atoms with Gasteiger partial charge in [-0.2, -0.15) is 0 Å². The first-order valence-corrected chi connectivity index (χ1v) is 7.15. The fraction of sp³-hybridized carbons (Fsp3) is 0.500. The molecule has 1 aliphatic rings. The zero-order chi connectivity index (χ0) is 13.3. The maximum absolute atomic E-state index is 5.11. The van der Waals surface area contributed by atoms with E-state index in [1.165, 1.54) is 22.4 Å². The van der Waals surface area contributed by atoms with Gasteiger partial charge in [-0.1, -0.05) is 29.9 Å². The number of hydrogen-bond donors (Lipinski definition) is 1. The molecule has 19 heavy (non-hydrogen) atoms. The van der Waals surface area contributed by atoms with Crippen LogP contribution in [0.5, 0.6) is 0 Å². The minimum absolute atomic E-state index is 0. The number of hydrogen-bond acceptors (Lipinski definition) is 2. The van der Waals surface area contributed by atoms with Crippen molar-refractivity contribution in [1.29, 1.82) is 0 Å². The summed E-state index contributed by atoms with van der Waals surface area (Å²) >= 11 is 9.36. The molecule has 1 aromatic rings. The molecule has 0 aromatic heterocycles. The normalized spacial score (nSPS) is 15.2. The number of thiol groups is 1. The standard InChI is InChI=1S/C14H20N2S2.K.H/c1-10-8-11(2)13(12(3)9-10)15-4-6-16(7-5-15)14(17)18;;/h8-9H,4-7H2,1-3H3,(H,17,18);;. The molecular formula is C14H21KN2S2. The summed E-state index contributed by atoms with van der Waals surface area (Å²) in [5.74, 6) is 0. The van der Waals surface area contributed by atoms with Crippen LogP contribution < -0.4 is 4.90 Å². The van der Waals surface area contributed by atoms with Crippen molar-refractivity contribution < 1.29 is 0 Å². The summed E-state index contributed by atoms with van der Waals surface area (Å²) in [5.41, 5.74) is 5.47. The Hall–Kier alpha value is 0.896. The average Bonchev–Trinajstić information content (AvgIpc) is 2.28. The van der Waals surface area contributed by atoms with Crippen LogP contribution in [0.1, 0.15) is 16.7 Å². The van der Waals surface area contributed by atoms with Gasteiger partial charge < -0.3 is 9.80 Å². The molecule has 1 saturated heterocycles. The summed E-state index contributed by atoms with van der Waals surface area (Å²) in [6.45, 7) is 10.5. The molecule has 100 valence electrons. The van der Waals surface area contributed by atoms with Crippen molar-refractivity contribution in [3.05, 3.63) is 28.8 Å². The Labute approximate surface area is 169 Å². The molecule has 5 heteroatoms. The fourth-order valence-electron chi connectivity index (χ4n) is 2.79. The molecule has 2 rings (SSSR count). The second-order valence-electron chi connectivity index (χ2n) is 5.00. The molecular weight excluding hydrogens is 299 g/mol. The van der Waals surface area contributed by atoms with Gasteiger partial charge in [-0.05, 0) is 31.9 Å². The third kappa shape index (κ3) is 4.43. The van der Waals surface area contributed by atoms with Crippen LogP contribution in [0.25, 0.3) is 0 Å². The molecule has 0 aliphatic carbocycles. The van der Waals surface area contributed by atoms with E-state index in [0.717, 1.165) is 26.2 Å². The van der Waals surface area contributed by atoms with Crippen molar-refractivity contribution in [3.63, 3.8) is 0 Å². The van der Waals surface area contributed by atoms with E-state index in [-0.39, 0.29) is 51.4 Å². The van der Waals surface area contributed by atoms with E-state index in [2.05, 4.69) is 55.3 Å². The van der Waals surface area contributed by atoms with Crippen molar-refractivity contribution >= 4 is 86.2 Å². The van der Waals surface area contributed by atoms with Crippen LogP contribution in [0.15, 0.2) is 12.1 Å². The van der Waals surface area contributed by atoms with Crippen molar-refractivity contribution in [3.8, 4) is 0 Å². The van der Waals surface area contributed by atoms with E-state index in [9.17, 15) is 0 Å². The minimum atomic E-state index is 0. The van der Waals surface area contributed by atoms with Gasteiger partial charge in [0, 0.05) is 31.9 Å². The topological polar surface area (TPSA) is 6.48 Å². The summed E-state index contributed by atoms with van der Waals surface area (Å²) in [6.07, 6.45) is 0. The predicted molar refractivity (Wildman–Crippen MR) is 93.2 cm³/mol. The molecule has 0 atom stereocenters. The van der Waals surface area contributed by atoms with Gasteiger partial charge in [0.05, 0.1) is 0 Å². The number of aryl methyl sites for hydroxylation is 3. The summed E-state index contributed by atoms with van der Waals surface area (Å²) in [5, 5.41) is 0. The van der Waals surface area contributed by atoms with Crippen molar-refractivity contribution in [1.82, 2.24) is 4.90 Å². The molecule has 0 bridgehead atoms. The first-order chi connectivity index (χ1) is 8.49. The van der Waals surface area contributed by atoms with Crippen LogP contribution in [-0.4, -0.2) is 86.8 Å². The van der Waals surface area contributed by atoms with Crippen LogP contribution in [0.3, 0.4) is 0 Å². The molecule has 0 radical (unpaired) electrons. The third-order valence-electron chi connectivity index (χ3n) is 3.50. The van der Waals surface area contributed by atoms with E-state index in [4.69, 9.17) is 12.2 Å². The van der Waals surface area contributed by atoms with Crippen LogP contribution in [0.2, 0.25) is 0 Å². The van der Waals surface area contributed by atoms with Crippen molar-refractivity contribution in [2.45, 2.75) is 20.8 Å². The predicted octanol–water partition coefficient (Wildman–Crippen LogP) is 2.30. The number of rotatable bonds is 1. The number of anilines is 1. The Morgan fingerprint density at radius 2 is 1.53 bits per heavy atom. The number of benzene rings is 1. The van der Waals surface area contributed by atoms with Gasteiger partial charge >= 0.3 is 51.4 Å². The number of thiocarbonyl (C=S) groups is 1. The molecule has 0 spiro atoms. The van der Waals surface area contributed by atoms with Crippen LogP contribution in [0, 0.1) is 20.8 Å². The van der Waals surface area contributed by atoms with E-state index in [0.29, 0.717) is 4.32 Å². The van der Waals surface area contributed by atoms with Gasteiger partial charge in [0.1, 0.15) is 4.32 Å². The molecule has 0 N–H and O–H groups in total. The van der Waals surface area contributed by atoms with Gasteiger partial charge in [0.15, 0.2) is 0 Å². The molecule has 1 aliphatic heterocycles. The van der Waals surface area contributed by atoms with E-state index in [1.807, 2.05) is 0 Å². The quantitative estimate of drug-likeness (QED) is 0.482. The number of piperazine rings is 1. The molecule has 0 unspecified atom stereocenters. The molecule has 1 heterocycles. The molecule has 1 fully saturated rings. The Bertz CT molecular complexity index is 446. The Morgan fingerprint density at radius 3 is 1.95 bits per heavy atom. The third-order valence-corrected chi connectivity index (χ3v) is 4.04. The fourth-order valence-corrected chi connectivity index (χ4v) is 3.18. The number of nitrogens with zero attached hydrogens (tertiary/aromatic N) is 2. The van der Waals surface area contributed by atoms with Gasteiger partial charge in [-0.25, -0.2) is 0 Å². The zero-order valence-corrected chi connectivity index (χ0v) is 12.9. The first-order valence-electron chi connectivity index (χ1n) is 6.29. The molecule has 0 amide bonds. The van der Waals surface area contributed by atoms with Crippen molar-refractivity contribution in [2.24, 2.45) is 0 Å². The summed E-state index contributed by atoms with van der Waals surface area (Å²) in [6, 6.07) is 4.52. The van der Waals surface area contributed by atoms with Gasteiger partial charge in [0.2, 0.25) is 0 Å². The van der Waals surface area contributed by atoms with Crippen LogP contribution >= 0.6 is 24.8 Å². The van der Waals surface area contributed by atoms with Gasteiger partial charge in [0.25, 0.3) is 0 Å².